The molecular weight excluding hydrogens is 524 g/mol. The van der Waals surface area contributed by atoms with Crippen molar-refractivity contribution >= 4 is 35.8 Å². The molecule has 0 saturated heterocycles. The second kappa shape index (κ2) is 14.0. The van der Waals surface area contributed by atoms with E-state index in [4.69, 9.17) is 21.1 Å². The van der Waals surface area contributed by atoms with Crippen molar-refractivity contribution in [3.05, 3.63) is 88.7 Å². The lowest BCUT2D eigenvalue weighted by Gasteiger charge is -2.16. The number of hydrogen-bond donors (Lipinski definition) is 1. The fourth-order valence-corrected chi connectivity index (χ4v) is 4.45. The van der Waals surface area contributed by atoms with E-state index in [1.807, 2.05) is 48.5 Å². The molecule has 7 nitrogen and oxygen atoms in total. The minimum atomic E-state index is -0.379. The molecular formula is C25H26Cl2FN5O2S. The summed E-state index contributed by atoms with van der Waals surface area (Å²) in [6, 6.07) is 19.8. The topological polar surface area (TPSA) is 74.1 Å². The Morgan fingerprint density at radius 2 is 1.89 bits per heavy atom. The van der Waals surface area contributed by atoms with E-state index < -0.39 is 0 Å². The molecule has 0 saturated carbocycles. The fourth-order valence-electron chi connectivity index (χ4n) is 3.40. The van der Waals surface area contributed by atoms with E-state index >= 15 is 0 Å². The molecule has 11 heteroatoms. The number of rotatable bonds is 12. The number of methoxy groups -OCH3 is 1. The Morgan fingerprint density at radius 3 is 2.67 bits per heavy atom. The third-order valence-electron chi connectivity index (χ3n) is 5.15. The number of para-hydroxylation sites is 2. The lowest BCUT2D eigenvalue weighted by Crippen LogP contribution is -2.16. The van der Waals surface area contributed by atoms with Crippen molar-refractivity contribution in [3.63, 3.8) is 0 Å². The molecule has 3 aromatic carbocycles. The van der Waals surface area contributed by atoms with Gasteiger partial charge in [0.05, 0.1) is 17.8 Å². The highest BCUT2D eigenvalue weighted by Gasteiger charge is 2.13. The summed E-state index contributed by atoms with van der Waals surface area (Å²) in [5.41, 5.74) is 2.60. The third kappa shape index (κ3) is 7.33. The van der Waals surface area contributed by atoms with E-state index in [0.717, 1.165) is 35.1 Å². The molecule has 0 aliphatic rings. The van der Waals surface area contributed by atoms with Crippen molar-refractivity contribution in [1.29, 1.82) is 0 Å². The van der Waals surface area contributed by atoms with Crippen LogP contribution in [0.3, 0.4) is 0 Å². The lowest BCUT2D eigenvalue weighted by atomic mass is 10.1. The summed E-state index contributed by atoms with van der Waals surface area (Å²) in [5.74, 6) is 1.76. The average Bonchev–Trinajstić information content (AvgIpc) is 3.35. The van der Waals surface area contributed by atoms with Crippen LogP contribution >= 0.6 is 35.8 Å². The number of ether oxygens (including phenoxy) is 2. The number of halogens is 3. The van der Waals surface area contributed by atoms with Crippen LogP contribution in [0.15, 0.2) is 71.9 Å². The van der Waals surface area contributed by atoms with E-state index in [-0.39, 0.29) is 24.8 Å². The van der Waals surface area contributed by atoms with Gasteiger partial charge in [-0.25, -0.2) is 4.39 Å². The van der Waals surface area contributed by atoms with E-state index in [0.29, 0.717) is 28.6 Å². The number of benzene rings is 3. The quantitative estimate of drug-likeness (QED) is 0.178. The minimum absolute atomic E-state index is 0. The molecule has 4 aromatic rings. The molecule has 0 radical (unpaired) electrons. The van der Waals surface area contributed by atoms with Gasteiger partial charge in [-0.2, -0.15) is 4.68 Å². The molecule has 190 valence electrons. The van der Waals surface area contributed by atoms with Gasteiger partial charge in [0.15, 0.2) is 11.5 Å². The standard InChI is InChI=1S/C25H25ClFN5O2S.ClH/c1-33-23-10-5-7-18(24(23)34-17-19-11-12-20(27)15-22(19)26)16-28-13-6-14-35-25-29-30-31-32(25)21-8-3-2-4-9-21;/h2-5,7-12,15,28H,6,13-14,16-17H2,1H3;1H. The number of hydrogen-bond acceptors (Lipinski definition) is 7. The van der Waals surface area contributed by atoms with Crippen LogP contribution in [0.5, 0.6) is 11.5 Å². The molecule has 36 heavy (non-hydrogen) atoms. The Kier molecular flexibility index (Phi) is 10.8. The Balaban J connectivity index is 0.00000361. The number of nitrogens with one attached hydrogen (secondary N) is 1. The van der Waals surface area contributed by atoms with Crippen LogP contribution in [0.1, 0.15) is 17.5 Å². The molecule has 0 spiro atoms. The van der Waals surface area contributed by atoms with E-state index in [1.54, 1.807) is 29.6 Å². The largest absolute Gasteiger partial charge is 0.493 e. The molecule has 0 aliphatic heterocycles. The zero-order valence-electron chi connectivity index (χ0n) is 19.6. The predicted molar refractivity (Wildman–Crippen MR) is 142 cm³/mol. The molecule has 0 atom stereocenters. The van der Waals surface area contributed by atoms with Crippen LogP contribution in [0.2, 0.25) is 5.02 Å². The summed E-state index contributed by atoms with van der Waals surface area (Å²) in [5, 5.41) is 16.6. The van der Waals surface area contributed by atoms with Crippen LogP contribution in [-0.4, -0.2) is 39.6 Å². The Labute approximate surface area is 224 Å². The lowest BCUT2D eigenvalue weighted by molar-refractivity contribution is 0.280. The second-order valence-corrected chi connectivity index (χ2v) is 9.03. The molecule has 1 aromatic heterocycles. The molecule has 0 amide bonds. The minimum Gasteiger partial charge on any atom is -0.493 e. The van der Waals surface area contributed by atoms with Crippen molar-refractivity contribution < 1.29 is 13.9 Å². The molecule has 0 bridgehead atoms. The smallest absolute Gasteiger partial charge is 0.214 e. The van der Waals surface area contributed by atoms with Gasteiger partial charge in [-0.15, -0.1) is 17.5 Å². The second-order valence-electron chi connectivity index (χ2n) is 7.56. The van der Waals surface area contributed by atoms with Crippen molar-refractivity contribution in [2.45, 2.75) is 24.7 Å². The van der Waals surface area contributed by atoms with Gasteiger partial charge in [0.1, 0.15) is 12.4 Å². The van der Waals surface area contributed by atoms with Gasteiger partial charge in [-0.1, -0.05) is 59.8 Å². The van der Waals surface area contributed by atoms with Crippen molar-refractivity contribution in [3.8, 4) is 17.2 Å². The number of tetrazole rings is 1. The van der Waals surface area contributed by atoms with Gasteiger partial charge >= 0.3 is 0 Å². The van der Waals surface area contributed by atoms with Crippen molar-refractivity contribution in [2.24, 2.45) is 0 Å². The predicted octanol–water partition coefficient (Wildman–Crippen LogP) is 5.74. The van der Waals surface area contributed by atoms with Crippen LogP contribution in [0.4, 0.5) is 4.39 Å². The molecule has 0 aliphatic carbocycles. The average molecular weight is 550 g/mol. The maximum atomic E-state index is 13.3. The summed E-state index contributed by atoms with van der Waals surface area (Å²) >= 11 is 7.76. The summed E-state index contributed by atoms with van der Waals surface area (Å²) in [7, 11) is 1.60. The van der Waals surface area contributed by atoms with Crippen LogP contribution in [-0.2, 0) is 13.2 Å². The first kappa shape index (κ1) is 27.7. The van der Waals surface area contributed by atoms with Gasteiger partial charge in [-0.05, 0) is 53.7 Å². The first-order chi connectivity index (χ1) is 17.2. The summed E-state index contributed by atoms with van der Waals surface area (Å²) < 4.78 is 26.6. The zero-order chi connectivity index (χ0) is 24.5. The Bertz CT molecular complexity index is 1250. The maximum Gasteiger partial charge on any atom is 0.214 e. The van der Waals surface area contributed by atoms with Gasteiger partial charge in [0.25, 0.3) is 0 Å². The number of nitrogens with zero attached hydrogens (tertiary/aromatic N) is 4. The number of aromatic nitrogens is 4. The van der Waals surface area contributed by atoms with Gasteiger partial charge in [0, 0.05) is 23.4 Å². The van der Waals surface area contributed by atoms with Crippen molar-refractivity contribution in [1.82, 2.24) is 25.5 Å². The number of thioether (sulfide) groups is 1. The van der Waals surface area contributed by atoms with Crippen molar-refractivity contribution in [2.75, 3.05) is 19.4 Å². The summed E-state index contributed by atoms with van der Waals surface area (Å²) in [4.78, 5) is 0. The van der Waals surface area contributed by atoms with Gasteiger partial charge in [-0.3, -0.25) is 0 Å². The summed E-state index contributed by atoms with van der Waals surface area (Å²) in [6.07, 6.45) is 0.928. The SMILES string of the molecule is COc1cccc(CNCCCSc2nnnn2-c2ccccc2)c1OCc1ccc(F)cc1Cl.Cl. The fraction of sp³-hybridized carbons (Fsp3) is 0.240. The molecule has 4 rings (SSSR count). The van der Waals surface area contributed by atoms with E-state index in [1.165, 1.54) is 12.1 Å². The molecule has 0 unspecified atom stereocenters. The molecule has 1 N–H and O–H groups in total. The highest BCUT2D eigenvalue weighted by atomic mass is 35.5. The van der Waals surface area contributed by atoms with Crippen LogP contribution in [0, 0.1) is 5.82 Å². The Hall–Kier alpha value is -2.85. The maximum absolute atomic E-state index is 13.3. The van der Waals surface area contributed by atoms with Crippen LogP contribution < -0.4 is 14.8 Å². The van der Waals surface area contributed by atoms with Gasteiger partial charge in [0.2, 0.25) is 5.16 Å². The molecule has 0 fully saturated rings. The van der Waals surface area contributed by atoms with Gasteiger partial charge < -0.3 is 14.8 Å². The monoisotopic (exact) mass is 549 g/mol. The van der Waals surface area contributed by atoms with E-state index in [2.05, 4.69) is 20.8 Å². The highest BCUT2D eigenvalue weighted by molar-refractivity contribution is 7.99. The first-order valence-corrected chi connectivity index (χ1v) is 12.4. The third-order valence-corrected chi connectivity index (χ3v) is 6.51. The zero-order valence-corrected chi connectivity index (χ0v) is 22.0. The summed E-state index contributed by atoms with van der Waals surface area (Å²) in [6.45, 7) is 1.62. The molecule has 1 heterocycles. The normalized spacial score (nSPS) is 10.6. The Morgan fingerprint density at radius 1 is 1.06 bits per heavy atom. The van der Waals surface area contributed by atoms with E-state index in [9.17, 15) is 4.39 Å². The highest BCUT2D eigenvalue weighted by Crippen LogP contribution is 2.32. The van der Waals surface area contributed by atoms with Crippen LogP contribution in [0.25, 0.3) is 5.69 Å². The first-order valence-electron chi connectivity index (χ1n) is 11.1.